The van der Waals surface area contributed by atoms with Gasteiger partial charge in [0.1, 0.15) is 17.4 Å². The highest BCUT2D eigenvalue weighted by molar-refractivity contribution is 6.31. The molecule has 1 amide bonds. The lowest BCUT2D eigenvalue weighted by molar-refractivity contribution is -0.120. The lowest BCUT2D eigenvalue weighted by atomic mass is 10.1. The molecule has 0 aliphatic carbocycles. The van der Waals surface area contributed by atoms with Crippen LogP contribution in [0.25, 0.3) is 0 Å². The highest BCUT2D eigenvalue weighted by atomic mass is 35.5. The molecule has 0 spiro atoms. The van der Waals surface area contributed by atoms with Crippen LogP contribution in [0, 0.1) is 19.7 Å². The van der Waals surface area contributed by atoms with Gasteiger partial charge in [-0.15, -0.1) is 0 Å². The number of aromatic nitrogens is 1. The van der Waals surface area contributed by atoms with E-state index in [4.69, 9.17) is 16.3 Å². The van der Waals surface area contributed by atoms with E-state index in [1.54, 1.807) is 30.5 Å². The average molecular weight is 399 g/mol. The standard InChI is InChI=1S/C22H20ClFN2O2/c1-15-7-5-8-16(2)22(15)28-14-21(27)26(20-11-3-4-12-25-20)13-17-18(23)9-6-10-19(17)24/h3-12H,13-14H2,1-2H3. The molecule has 3 rings (SSSR count). The smallest absolute Gasteiger partial charge is 0.266 e. The fraction of sp³-hybridized carbons (Fsp3) is 0.182. The molecule has 4 nitrogen and oxygen atoms in total. The van der Waals surface area contributed by atoms with E-state index >= 15 is 0 Å². The summed E-state index contributed by atoms with van der Waals surface area (Å²) in [6.45, 7) is 3.59. The van der Waals surface area contributed by atoms with Crippen LogP contribution in [0.4, 0.5) is 10.2 Å². The van der Waals surface area contributed by atoms with Gasteiger partial charge in [-0.05, 0) is 49.2 Å². The van der Waals surface area contributed by atoms with Gasteiger partial charge in [0.15, 0.2) is 6.61 Å². The third kappa shape index (κ3) is 4.49. The first-order valence-electron chi connectivity index (χ1n) is 8.80. The molecule has 6 heteroatoms. The Kier molecular flexibility index (Phi) is 6.26. The number of nitrogens with zero attached hydrogens (tertiary/aromatic N) is 2. The molecule has 0 N–H and O–H groups in total. The van der Waals surface area contributed by atoms with Gasteiger partial charge in [-0.2, -0.15) is 0 Å². The molecule has 28 heavy (non-hydrogen) atoms. The Hall–Kier alpha value is -2.92. The number of hydrogen-bond acceptors (Lipinski definition) is 3. The summed E-state index contributed by atoms with van der Waals surface area (Å²) in [4.78, 5) is 18.6. The molecular weight excluding hydrogens is 379 g/mol. The molecular formula is C22H20ClFN2O2. The Morgan fingerprint density at radius 1 is 1.07 bits per heavy atom. The van der Waals surface area contributed by atoms with Crippen LogP contribution in [-0.4, -0.2) is 17.5 Å². The molecule has 144 valence electrons. The summed E-state index contributed by atoms with van der Waals surface area (Å²) in [5, 5.41) is 0.254. The van der Waals surface area contributed by atoms with Crippen molar-refractivity contribution in [3.8, 4) is 5.75 Å². The molecule has 0 atom stereocenters. The van der Waals surface area contributed by atoms with Crippen molar-refractivity contribution in [2.75, 3.05) is 11.5 Å². The van der Waals surface area contributed by atoms with Crippen LogP contribution in [-0.2, 0) is 11.3 Å². The zero-order chi connectivity index (χ0) is 20.1. The number of rotatable bonds is 6. The van der Waals surface area contributed by atoms with Crippen LogP contribution >= 0.6 is 11.6 Å². The molecule has 0 unspecified atom stereocenters. The van der Waals surface area contributed by atoms with Gasteiger partial charge in [0.25, 0.3) is 5.91 Å². The van der Waals surface area contributed by atoms with Gasteiger partial charge in [-0.1, -0.05) is 41.9 Å². The summed E-state index contributed by atoms with van der Waals surface area (Å²) in [5.41, 5.74) is 2.11. The first-order valence-corrected chi connectivity index (χ1v) is 9.18. The minimum atomic E-state index is -0.475. The molecule has 0 aliphatic rings. The van der Waals surface area contributed by atoms with Gasteiger partial charge in [-0.3, -0.25) is 9.69 Å². The SMILES string of the molecule is Cc1cccc(C)c1OCC(=O)N(Cc1c(F)cccc1Cl)c1ccccn1. The van der Waals surface area contributed by atoms with Crippen molar-refractivity contribution in [2.45, 2.75) is 20.4 Å². The molecule has 2 aromatic carbocycles. The summed E-state index contributed by atoms with van der Waals surface area (Å²) in [5.74, 6) is 0.246. The molecule has 0 saturated heterocycles. The van der Waals surface area contributed by atoms with E-state index in [1.807, 2.05) is 32.0 Å². The number of para-hydroxylation sites is 1. The fourth-order valence-corrected chi connectivity index (χ4v) is 3.11. The topological polar surface area (TPSA) is 42.4 Å². The van der Waals surface area contributed by atoms with Crippen molar-refractivity contribution in [1.82, 2.24) is 4.98 Å². The van der Waals surface area contributed by atoms with Crippen molar-refractivity contribution in [2.24, 2.45) is 0 Å². The summed E-state index contributed by atoms with van der Waals surface area (Å²) in [6.07, 6.45) is 1.57. The number of benzene rings is 2. The Labute approximate surface area is 168 Å². The molecule has 1 aromatic heterocycles. The Balaban J connectivity index is 1.86. The van der Waals surface area contributed by atoms with Crippen LogP contribution in [0.1, 0.15) is 16.7 Å². The van der Waals surface area contributed by atoms with Crippen LogP contribution in [0.3, 0.4) is 0 Å². The lowest BCUT2D eigenvalue weighted by Gasteiger charge is -2.23. The summed E-state index contributed by atoms with van der Waals surface area (Å²) < 4.78 is 20.1. The second-order valence-corrected chi connectivity index (χ2v) is 6.78. The highest BCUT2D eigenvalue weighted by Crippen LogP contribution is 2.25. The van der Waals surface area contributed by atoms with Gasteiger partial charge in [0.2, 0.25) is 0 Å². The second-order valence-electron chi connectivity index (χ2n) is 6.38. The Morgan fingerprint density at radius 3 is 2.43 bits per heavy atom. The molecule has 0 radical (unpaired) electrons. The number of hydrogen-bond donors (Lipinski definition) is 0. The zero-order valence-electron chi connectivity index (χ0n) is 15.7. The maximum Gasteiger partial charge on any atom is 0.266 e. The van der Waals surface area contributed by atoms with Gasteiger partial charge in [0, 0.05) is 16.8 Å². The van der Waals surface area contributed by atoms with Gasteiger partial charge in [0.05, 0.1) is 6.54 Å². The van der Waals surface area contributed by atoms with E-state index < -0.39 is 5.82 Å². The van der Waals surface area contributed by atoms with Gasteiger partial charge < -0.3 is 4.74 Å². The van der Waals surface area contributed by atoms with Crippen LogP contribution < -0.4 is 9.64 Å². The first-order chi connectivity index (χ1) is 13.5. The molecule has 0 saturated carbocycles. The third-order valence-corrected chi connectivity index (χ3v) is 4.71. The molecule has 0 bridgehead atoms. The largest absolute Gasteiger partial charge is 0.483 e. The minimum Gasteiger partial charge on any atom is -0.483 e. The number of amides is 1. The minimum absolute atomic E-state index is 0.0442. The third-order valence-electron chi connectivity index (χ3n) is 4.35. The monoisotopic (exact) mass is 398 g/mol. The summed E-state index contributed by atoms with van der Waals surface area (Å²) >= 11 is 6.15. The number of aryl methyl sites for hydroxylation is 2. The molecule has 1 heterocycles. The summed E-state index contributed by atoms with van der Waals surface area (Å²) in [6, 6.07) is 15.4. The molecule has 3 aromatic rings. The number of carbonyl (C=O) groups excluding carboxylic acids is 1. The Morgan fingerprint density at radius 2 is 1.79 bits per heavy atom. The number of ether oxygens (including phenoxy) is 1. The van der Waals surface area contributed by atoms with Crippen molar-refractivity contribution < 1.29 is 13.9 Å². The maximum atomic E-state index is 14.3. The number of carbonyl (C=O) groups is 1. The van der Waals surface area contributed by atoms with E-state index in [0.29, 0.717) is 11.6 Å². The second kappa shape index (κ2) is 8.85. The van der Waals surface area contributed by atoms with Crippen LogP contribution in [0.5, 0.6) is 5.75 Å². The maximum absolute atomic E-state index is 14.3. The summed E-state index contributed by atoms with van der Waals surface area (Å²) in [7, 11) is 0. The van der Waals surface area contributed by atoms with Crippen molar-refractivity contribution >= 4 is 23.3 Å². The Bertz CT molecular complexity index is 939. The van der Waals surface area contributed by atoms with E-state index in [9.17, 15) is 9.18 Å². The fourth-order valence-electron chi connectivity index (χ4n) is 2.89. The van der Waals surface area contributed by atoms with Crippen molar-refractivity contribution in [3.63, 3.8) is 0 Å². The number of pyridine rings is 1. The van der Waals surface area contributed by atoms with E-state index in [1.165, 1.54) is 17.0 Å². The predicted octanol–water partition coefficient (Wildman–Crippen LogP) is 5.10. The molecule has 0 aliphatic heterocycles. The number of anilines is 1. The quantitative estimate of drug-likeness (QED) is 0.580. The van der Waals surface area contributed by atoms with Crippen molar-refractivity contribution in [1.29, 1.82) is 0 Å². The van der Waals surface area contributed by atoms with Gasteiger partial charge in [-0.25, -0.2) is 9.37 Å². The van der Waals surface area contributed by atoms with Crippen LogP contribution in [0.2, 0.25) is 5.02 Å². The van der Waals surface area contributed by atoms with Crippen molar-refractivity contribution in [3.05, 3.63) is 88.3 Å². The van der Waals surface area contributed by atoms with E-state index in [-0.39, 0.29) is 29.6 Å². The molecule has 0 fully saturated rings. The zero-order valence-corrected chi connectivity index (χ0v) is 16.4. The normalized spacial score (nSPS) is 10.6. The van der Waals surface area contributed by atoms with E-state index in [0.717, 1.165) is 11.1 Å². The average Bonchev–Trinajstić information content (AvgIpc) is 2.68. The van der Waals surface area contributed by atoms with Gasteiger partial charge >= 0.3 is 0 Å². The van der Waals surface area contributed by atoms with Crippen LogP contribution in [0.15, 0.2) is 60.8 Å². The first kappa shape index (κ1) is 19.8. The van der Waals surface area contributed by atoms with E-state index in [2.05, 4.69) is 4.98 Å². The lowest BCUT2D eigenvalue weighted by Crippen LogP contribution is -2.35. The number of halogens is 2. The predicted molar refractivity (Wildman–Crippen MR) is 108 cm³/mol. The highest BCUT2D eigenvalue weighted by Gasteiger charge is 2.21.